The first-order valence-corrected chi connectivity index (χ1v) is 9.61. The number of hydrogen-bond donors (Lipinski definition) is 2. The van der Waals surface area contributed by atoms with Gasteiger partial charge in [-0.25, -0.2) is 0 Å². The summed E-state index contributed by atoms with van der Waals surface area (Å²) in [5.41, 5.74) is 3.43. The van der Waals surface area contributed by atoms with Crippen LogP contribution in [0.1, 0.15) is 41.6 Å². The van der Waals surface area contributed by atoms with E-state index in [-0.39, 0.29) is 18.0 Å². The summed E-state index contributed by atoms with van der Waals surface area (Å²) in [6, 6.07) is 31.0. The van der Waals surface area contributed by atoms with E-state index in [1.54, 1.807) is 0 Å². The molecule has 3 nitrogen and oxygen atoms in total. The molecule has 0 bridgehead atoms. The maximum Gasteiger partial charge on any atom is 0.283 e. The van der Waals surface area contributed by atoms with E-state index in [0.717, 1.165) is 18.4 Å². The molecule has 3 N–H and O–H groups in total. The molecule has 1 amide bonds. The Morgan fingerprint density at radius 2 is 1.19 bits per heavy atom. The van der Waals surface area contributed by atoms with Crippen molar-refractivity contribution in [2.45, 2.75) is 31.0 Å². The third kappa shape index (κ3) is 4.44. The van der Waals surface area contributed by atoms with Crippen molar-refractivity contribution < 1.29 is 10.1 Å². The van der Waals surface area contributed by atoms with Gasteiger partial charge >= 0.3 is 0 Å². The number of nitrogens with one attached hydrogen (secondary N) is 1. The Labute approximate surface area is 160 Å². The van der Waals surface area contributed by atoms with Gasteiger partial charge in [-0.2, -0.15) is 0 Å². The Morgan fingerprint density at radius 1 is 0.741 bits per heavy atom. The molecule has 136 valence electrons. The van der Waals surface area contributed by atoms with E-state index >= 15 is 0 Å². The van der Waals surface area contributed by atoms with Gasteiger partial charge in [0.2, 0.25) is 0 Å². The molecule has 1 aliphatic carbocycles. The Bertz CT molecular complexity index is 821. The summed E-state index contributed by atoms with van der Waals surface area (Å²) < 4.78 is 0. The van der Waals surface area contributed by atoms with Crippen LogP contribution in [0.3, 0.4) is 0 Å². The molecule has 0 heterocycles. The van der Waals surface area contributed by atoms with Gasteiger partial charge in [0.15, 0.2) is 6.04 Å². The highest BCUT2D eigenvalue weighted by Gasteiger charge is 2.33. The van der Waals surface area contributed by atoms with Crippen molar-refractivity contribution >= 4 is 5.91 Å². The highest BCUT2D eigenvalue weighted by molar-refractivity contribution is 5.82. The van der Waals surface area contributed by atoms with Gasteiger partial charge in [-0.3, -0.25) is 4.79 Å². The minimum absolute atomic E-state index is 0.0579. The fourth-order valence-electron chi connectivity index (χ4n) is 3.46. The molecule has 1 fully saturated rings. The van der Waals surface area contributed by atoms with E-state index in [0.29, 0.717) is 6.04 Å². The standard InChI is InChI=1S/C24H24N2O/c27-24(25-21-16-17-21)23(20-14-8-3-9-15-20)26-22(18-10-4-1-5-11-18)19-12-6-2-7-13-19/h1-15,21-23,26H,16-17H2,(H,25,27)/p+1/t23-/m1/s1. The molecular formula is C24H25N2O+. The van der Waals surface area contributed by atoms with Gasteiger partial charge in [-0.1, -0.05) is 91.0 Å². The molecule has 1 atom stereocenters. The number of rotatable bonds is 7. The lowest BCUT2D eigenvalue weighted by molar-refractivity contribution is -0.714. The van der Waals surface area contributed by atoms with Crippen LogP contribution in [-0.2, 0) is 4.79 Å². The lowest BCUT2D eigenvalue weighted by Crippen LogP contribution is -2.88. The van der Waals surface area contributed by atoms with E-state index < -0.39 is 0 Å². The van der Waals surface area contributed by atoms with Gasteiger partial charge in [0, 0.05) is 22.7 Å². The predicted molar refractivity (Wildman–Crippen MR) is 107 cm³/mol. The third-order valence-electron chi connectivity index (χ3n) is 5.07. The van der Waals surface area contributed by atoms with Gasteiger partial charge < -0.3 is 10.6 Å². The summed E-state index contributed by atoms with van der Waals surface area (Å²) in [6.07, 6.45) is 2.18. The van der Waals surface area contributed by atoms with E-state index in [1.807, 2.05) is 42.5 Å². The van der Waals surface area contributed by atoms with Crippen LogP contribution < -0.4 is 10.6 Å². The smallest absolute Gasteiger partial charge is 0.283 e. The van der Waals surface area contributed by atoms with Crippen molar-refractivity contribution in [3.05, 3.63) is 108 Å². The molecule has 1 aliphatic rings. The second-order valence-corrected chi connectivity index (χ2v) is 7.16. The number of hydrogen-bond acceptors (Lipinski definition) is 1. The monoisotopic (exact) mass is 357 g/mol. The minimum Gasteiger partial charge on any atom is -0.348 e. The van der Waals surface area contributed by atoms with Crippen molar-refractivity contribution in [3.8, 4) is 0 Å². The van der Waals surface area contributed by atoms with Crippen LogP contribution in [-0.4, -0.2) is 11.9 Å². The van der Waals surface area contributed by atoms with E-state index in [1.165, 1.54) is 11.1 Å². The molecule has 0 unspecified atom stereocenters. The molecule has 3 heteroatoms. The van der Waals surface area contributed by atoms with Crippen LogP contribution in [0.5, 0.6) is 0 Å². The lowest BCUT2D eigenvalue weighted by Gasteiger charge is -2.23. The van der Waals surface area contributed by atoms with E-state index in [4.69, 9.17) is 0 Å². The minimum atomic E-state index is -0.280. The van der Waals surface area contributed by atoms with Crippen LogP contribution in [0.15, 0.2) is 91.0 Å². The quantitative estimate of drug-likeness (QED) is 0.669. The molecule has 1 saturated carbocycles. The summed E-state index contributed by atoms with van der Waals surface area (Å²) in [6.45, 7) is 0. The maximum absolute atomic E-state index is 13.0. The molecule has 27 heavy (non-hydrogen) atoms. The topological polar surface area (TPSA) is 45.7 Å². The van der Waals surface area contributed by atoms with Crippen LogP contribution in [0, 0.1) is 0 Å². The number of benzene rings is 3. The summed E-state index contributed by atoms with van der Waals surface area (Å²) >= 11 is 0. The second-order valence-electron chi connectivity index (χ2n) is 7.16. The molecule has 0 saturated heterocycles. The van der Waals surface area contributed by atoms with Crippen molar-refractivity contribution in [3.63, 3.8) is 0 Å². The summed E-state index contributed by atoms with van der Waals surface area (Å²) in [4.78, 5) is 13.0. The zero-order chi connectivity index (χ0) is 18.5. The number of nitrogens with two attached hydrogens (primary N) is 1. The third-order valence-corrected chi connectivity index (χ3v) is 5.07. The van der Waals surface area contributed by atoms with E-state index in [2.05, 4.69) is 59.2 Å². The molecule has 3 aromatic rings. The second kappa shape index (κ2) is 8.19. The average Bonchev–Trinajstić information content (AvgIpc) is 3.54. The zero-order valence-corrected chi connectivity index (χ0v) is 15.3. The molecule has 0 aromatic heterocycles. The fourth-order valence-corrected chi connectivity index (χ4v) is 3.46. The molecule has 0 spiro atoms. The average molecular weight is 357 g/mol. The first kappa shape index (κ1) is 17.5. The van der Waals surface area contributed by atoms with Crippen LogP contribution in [0.4, 0.5) is 0 Å². The molecule has 4 rings (SSSR count). The van der Waals surface area contributed by atoms with Crippen molar-refractivity contribution in [1.29, 1.82) is 0 Å². The van der Waals surface area contributed by atoms with Crippen LogP contribution in [0.25, 0.3) is 0 Å². The Kier molecular flexibility index (Phi) is 5.31. The largest absolute Gasteiger partial charge is 0.348 e. The van der Waals surface area contributed by atoms with Crippen molar-refractivity contribution in [2.75, 3.05) is 0 Å². The zero-order valence-electron chi connectivity index (χ0n) is 15.3. The normalized spacial score (nSPS) is 14.7. The van der Waals surface area contributed by atoms with Gasteiger partial charge in [0.1, 0.15) is 6.04 Å². The number of carbonyl (C=O) groups excluding carboxylic acids is 1. The van der Waals surface area contributed by atoms with Crippen LogP contribution >= 0.6 is 0 Å². The van der Waals surface area contributed by atoms with Gasteiger partial charge in [0.05, 0.1) is 0 Å². The van der Waals surface area contributed by atoms with Crippen LogP contribution in [0.2, 0.25) is 0 Å². The lowest BCUT2D eigenvalue weighted by atomic mass is 9.96. The summed E-state index contributed by atoms with van der Waals surface area (Å²) in [5.74, 6) is 0.0977. The number of amides is 1. The SMILES string of the molecule is O=C(NC1CC1)[C@H]([NH2+]C(c1ccccc1)c1ccccc1)c1ccccc1. The number of quaternary nitrogens is 1. The first-order valence-electron chi connectivity index (χ1n) is 9.61. The van der Waals surface area contributed by atoms with E-state index in [9.17, 15) is 4.79 Å². The summed E-state index contributed by atoms with van der Waals surface area (Å²) in [7, 11) is 0. The Balaban J connectivity index is 1.68. The van der Waals surface area contributed by atoms with Crippen molar-refractivity contribution in [2.24, 2.45) is 0 Å². The molecule has 3 aromatic carbocycles. The summed E-state index contributed by atoms with van der Waals surface area (Å²) in [5, 5.41) is 5.38. The fraction of sp³-hybridized carbons (Fsp3) is 0.208. The van der Waals surface area contributed by atoms with Gasteiger partial charge in [0.25, 0.3) is 5.91 Å². The number of carbonyl (C=O) groups is 1. The molecule has 0 aliphatic heterocycles. The maximum atomic E-state index is 13.0. The predicted octanol–water partition coefficient (Wildman–Crippen LogP) is 3.36. The molecule has 0 radical (unpaired) electrons. The van der Waals surface area contributed by atoms with Gasteiger partial charge in [-0.05, 0) is 12.8 Å². The molecular weight excluding hydrogens is 332 g/mol. The Hall–Kier alpha value is -2.91. The first-order chi connectivity index (χ1) is 13.3. The highest BCUT2D eigenvalue weighted by Crippen LogP contribution is 2.22. The Morgan fingerprint density at radius 3 is 1.63 bits per heavy atom. The van der Waals surface area contributed by atoms with Gasteiger partial charge in [-0.15, -0.1) is 0 Å². The highest BCUT2D eigenvalue weighted by atomic mass is 16.2. The van der Waals surface area contributed by atoms with Crippen molar-refractivity contribution in [1.82, 2.24) is 5.32 Å².